The van der Waals surface area contributed by atoms with E-state index in [1.54, 1.807) is 30.3 Å². The molecule has 164 valence electrons. The SMILES string of the molecule is O=C(CCC(=O)Nc1ccccc1F)NN=Cc1ccc(OCc2ccccc2Cl)cc1. The molecule has 6 nitrogen and oxygen atoms in total. The van der Waals surface area contributed by atoms with Crippen LogP contribution in [0.3, 0.4) is 0 Å². The monoisotopic (exact) mass is 453 g/mol. The van der Waals surface area contributed by atoms with Crippen LogP contribution in [0.4, 0.5) is 10.1 Å². The second kappa shape index (κ2) is 11.6. The molecule has 0 bridgehead atoms. The fraction of sp³-hybridized carbons (Fsp3) is 0.125. The lowest BCUT2D eigenvalue weighted by Crippen LogP contribution is -2.20. The van der Waals surface area contributed by atoms with Crippen LogP contribution in [0.25, 0.3) is 0 Å². The van der Waals surface area contributed by atoms with Gasteiger partial charge in [-0.25, -0.2) is 9.82 Å². The van der Waals surface area contributed by atoms with Crippen LogP contribution in [0.2, 0.25) is 5.02 Å². The molecule has 0 saturated heterocycles. The van der Waals surface area contributed by atoms with E-state index in [2.05, 4.69) is 15.8 Å². The van der Waals surface area contributed by atoms with Gasteiger partial charge < -0.3 is 10.1 Å². The van der Waals surface area contributed by atoms with E-state index < -0.39 is 17.6 Å². The molecule has 3 aromatic rings. The molecule has 0 atom stereocenters. The van der Waals surface area contributed by atoms with Crippen molar-refractivity contribution in [3.05, 3.63) is 94.8 Å². The second-order valence-electron chi connectivity index (χ2n) is 6.77. The summed E-state index contributed by atoms with van der Waals surface area (Å²) in [7, 11) is 0. The zero-order valence-corrected chi connectivity index (χ0v) is 17.8. The molecular weight excluding hydrogens is 433 g/mol. The third-order valence-corrected chi connectivity index (χ3v) is 4.73. The molecule has 0 spiro atoms. The van der Waals surface area contributed by atoms with E-state index in [0.29, 0.717) is 17.4 Å². The smallest absolute Gasteiger partial charge is 0.240 e. The highest BCUT2D eigenvalue weighted by Gasteiger charge is 2.09. The van der Waals surface area contributed by atoms with E-state index in [1.807, 2.05) is 24.3 Å². The van der Waals surface area contributed by atoms with Gasteiger partial charge in [-0.3, -0.25) is 9.59 Å². The maximum absolute atomic E-state index is 13.5. The summed E-state index contributed by atoms with van der Waals surface area (Å²) in [4.78, 5) is 23.7. The summed E-state index contributed by atoms with van der Waals surface area (Å²) in [5.74, 6) is -0.742. The minimum atomic E-state index is -0.532. The van der Waals surface area contributed by atoms with Crippen LogP contribution < -0.4 is 15.5 Å². The molecule has 32 heavy (non-hydrogen) atoms. The van der Waals surface area contributed by atoms with Crippen molar-refractivity contribution in [1.82, 2.24) is 5.43 Å². The maximum Gasteiger partial charge on any atom is 0.240 e. The van der Waals surface area contributed by atoms with Crippen molar-refractivity contribution < 1.29 is 18.7 Å². The molecule has 0 aliphatic carbocycles. The molecule has 3 aromatic carbocycles. The second-order valence-corrected chi connectivity index (χ2v) is 7.18. The minimum Gasteiger partial charge on any atom is -0.489 e. The third kappa shape index (κ3) is 7.21. The number of benzene rings is 3. The number of halogens is 2. The third-order valence-electron chi connectivity index (χ3n) is 4.36. The Morgan fingerprint density at radius 2 is 1.62 bits per heavy atom. The predicted octanol–water partition coefficient (Wildman–Crippen LogP) is 4.93. The number of nitrogens with one attached hydrogen (secondary N) is 2. The number of hydrazone groups is 1. The largest absolute Gasteiger partial charge is 0.489 e. The fourth-order valence-corrected chi connectivity index (χ4v) is 2.85. The highest BCUT2D eigenvalue weighted by atomic mass is 35.5. The zero-order valence-electron chi connectivity index (χ0n) is 17.1. The number of amides is 2. The number of anilines is 1. The predicted molar refractivity (Wildman–Crippen MR) is 122 cm³/mol. The highest BCUT2D eigenvalue weighted by molar-refractivity contribution is 6.31. The summed E-state index contributed by atoms with van der Waals surface area (Å²) in [6, 6.07) is 20.4. The molecule has 8 heteroatoms. The van der Waals surface area contributed by atoms with E-state index in [1.165, 1.54) is 24.4 Å². The van der Waals surface area contributed by atoms with Crippen molar-refractivity contribution >= 4 is 35.3 Å². The number of ether oxygens (including phenoxy) is 1. The van der Waals surface area contributed by atoms with Gasteiger partial charge in [0.05, 0.1) is 11.9 Å². The molecule has 0 aliphatic heterocycles. The lowest BCUT2D eigenvalue weighted by molar-refractivity contribution is -0.124. The summed E-state index contributed by atoms with van der Waals surface area (Å²) in [5.41, 5.74) is 4.09. The summed E-state index contributed by atoms with van der Waals surface area (Å²) < 4.78 is 19.2. The molecule has 0 unspecified atom stereocenters. The number of para-hydroxylation sites is 1. The van der Waals surface area contributed by atoms with Gasteiger partial charge in [0.1, 0.15) is 18.2 Å². The quantitative estimate of drug-likeness (QED) is 0.356. The first kappa shape index (κ1) is 23.0. The van der Waals surface area contributed by atoms with Crippen LogP contribution in [-0.4, -0.2) is 18.0 Å². The standard InChI is InChI=1S/C24H21ClFN3O3/c25-20-6-2-1-5-18(20)16-32-19-11-9-17(10-12-19)15-27-29-24(31)14-13-23(30)28-22-8-4-3-7-21(22)26/h1-12,15H,13-14,16H2,(H,28,30)(H,29,31). The van der Waals surface area contributed by atoms with Crippen LogP contribution in [0, 0.1) is 5.82 Å². The fourth-order valence-electron chi connectivity index (χ4n) is 2.66. The summed E-state index contributed by atoms with van der Waals surface area (Å²) in [6.45, 7) is 0.355. The van der Waals surface area contributed by atoms with Crippen molar-refractivity contribution in [1.29, 1.82) is 0 Å². The van der Waals surface area contributed by atoms with Gasteiger partial charge in [0, 0.05) is 23.4 Å². The molecule has 0 radical (unpaired) electrons. The summed E-state index contributed by atoms with van der Waals surface area (Å²) in [6.07, 6.45) is 1.31. The van der Waals surface area contributed by atoms with Crippen LogP contribution >= 0.6 is 11.6 Å². The van der Waals surface area contributed by atoms with Gasteiger partial charge in [-0.15, -0.1) is 0 Å². The maximum atomic E-state index is 13.5. The number of hydrogen-bond donors (Lipinski definition) is 2. The Labute approximate surface area is 190 Å². The Balaban J connectivity index is 1.39. The van der Waals surface area contributed by atoms with Gasteiger partial charge >= 0.3 is 0 Å². The number of hydrogen-bond acceptors (Lipinski definition) is 4. The molecule has 0 aliphatic rings. The van der Waals surface area contributed by atoms with Crippen LogP contribution in [0.1, 0.15) is 24.0 Å². The van der Waals surface area contributed by atoms with Crippen LogP contribution in [-0.2, 0) is 16.2 Å². The average molecular weight is 454 g/mol. The van der Waals surface area contributed by atoms with Crippen molar-refractivity contribution in [2.75, 3.05) is 5.32 Å². The topological polar surface area (TPSA) is 79.8 Å². The van der Waals surface area contributed by atoms with Crippen LogP contribution in [0.15, 0.2) is 77.9 Å². The van der Waals surface area contributed by atoms with Crippen LogP contribution in [0.5, 0.6) is 5.75 Å². The Bertz CT molecular complexity index is 1100. The van der Waals surface area contributed by atoms with Crippen molar-refractivity contribution in [2.45, 2.75) is 19.4 Å². The summed E-state index contributed by atoms with van der Waals surface area (Å²) >= 11 is 6.11. The first-order valence-corrected chi connectivity index (χ1v) is 10.2. The van der Waals surface area contributed by atoms with Gasteiger partial charge in [0.2, 0.25) is 11.8 Å². The van der Waals surface area contributed by atoms with Gasteiger partial charge in [-0.1, -0.05) is 41.9 Å². The first-order valence-electron chi connectivity index (χ1n) is 9.84. The van der Waals surface area contributed by atoms with E-state index >= 15 is 0 Å². The molecule has 0 fully saturated rings. The highest BCUT2D eigenvalue weighted by Crippen LogP contribution is 2.18. The number of carbonyl (C=O) groups excluding carboxylic acids is 2. The Morgan fingerprint density at radius 1 is 0.938 bits per heavy atom. The Morgan fingerprint density at radius 3 is 2.38 bits per heavy atom. The molecule has 0 saturated carbocycles. The first-order chi connectivity index (χ1) is 15.5. The van der Waals surface area contributed by atoms with Gasteiger partial charge in [0.25, 0.3) is 0 Å². The zero-order chi connectivity index (χ0) is 22.8. The number of carbonyl (C=O) groups is 2. The van der Waals surface area contributed by atoms with Gasteiger partial charge in [0.15, 0.2) is 0 Å². The van der Waals surface area contributed by atoms with Gasteiger partial charge in [-0.2, -0.15) is 5.10 Å². The Kier molecular flexibility index (Phi) is 8.34. The van der Waals surface area contributed by atoms with Gasteiger partial charge in [-0.05, 0) is 48.0 Å². The minimum absolute atomic E-state index is 0.0769. The van der Waals surface area contributed by atoms with E-state index in [0.717, 1.165) is 11.1 Å². The van der Waals surface area contributed by atoms with E-state index in [-0.39, 0.29) is 18.5 Å². The molecule has 0 aromatic heterocycles. The molecule has 2 N–H and O–H groups in total. The lowest BCUT2D eigenvalue weighted by atomic mass is 10.2. The number of rotatable bonds is 9. The molecule has 3 rings (SSSR count). The summed E-state index contributed by atoms with van der Waals surface area (Å²) in [5, 5.41) is 6.95. The lowest BCUT2D eigenvalue weighted by Gasteiger charge is -2.07. The normalized spacial score (nSPS) is 10.7. The van der Waals surface area contributed by atoms with Crippen molar-refractivity contribution in [3.8, 4) is 5.75 Å². The molecule has 2 amide bonds. The molecule has 0 heterocycles. The molecular formula is C24H21ClFN3O3. The number of nitrogens with zero attached hydrogens (tertiary/aromatic N) is 1. The van der Waals surface area contributed by atoms with Crippen molar-refractivity contribution in [2.24, 2.45) is 5.10 Å². The Hall–Kier alpha value is -3.71. The van der Waals surface area contributed by atoms with E-state index in [9.17, 15) is 14.0 Å². The van der Waals surface area contributed by atoms with E-state index in [4.69, 9.17) is 16.3 Å². The average Bonchev–Trinajstić information content (AvgIpc) is 2.80. The van der Waals surface area contributed by atoms with Crippen molar-refractivity contribution in [3.63, 3.8) is 0 Å².